The minimum atomic E-state index is -0.822. The van der Waals surface area contributed by atoms with Crippen molar-refractivity contribution in [2.75, 3.05) is 7.11 Å². The van der Waals surface area contributed by atoms with E-state index in [2.05, 4.69) is 17.2 Å². The zero-order valence-electron chi connectivity index (χ0n) is 11.9. The van der Waals surface area contributed by atoms with E-state index in [1.807, 2.05) is 17.8 Å². The zero-order chi connectivity index (χ0) is 13.8. The maximum absolute atomic E-state index is 12.1. The molecule has 0 spiro atoms. The van der Waals surface area contributed by atoms with Gasteiger partial charge in [0.1, 0.15) is 11.4 Å². The van der Waals surface area contributed by atoms with Gasteiger partial charge in [-0.25, -0.2) is 4.98 Å². The third-order valence-corrected chi connectivity index (χ3v) is 3.11. The molecule has 1 heterocycles. The number of nitrogens with one attached hydrogen (secondary N) is 1. The van der Waals surface area contributed by atoms with Gasteiger partial charge in [0.2, 0.25) is 0 Å². The molecule has 0 saturated heterocycles. The number of aryl methyl sites for hydroxylation is 1. The molecule has 1 N–H and O–H groups in total. The predicted octanol–water partition coefficient (Wildman–Crippen LogP) is 1.80. The summed E-state index contributed by atoms with van der Waals surface area (Å²) in [7, 11) is 3.47. The van der Waals surface area contributed by atoms with Crippen molar-refractivity contribution in [2.45, 2.75) is 45.3 Å². The highest BCUT2D eigenvalue weighted by molar-refractivity contribution is 5.84. The normalized spacial score (nSPS) is 13.4. The van der Waals surface area contributed by atoms with Crippen LogP contribution in [0.25, 0.3) is 0 Å². The summed E-state index contributed by atoms with van der Waals surface area (Å²) < 4.78 is 7.12. The standard InChI is InChI=1S/C13H23N3O2/c1-6-7-10(11-14-8-9-16(11)4)15-12(17)13(2,3)18-5/h8-10H,6-7H2,1-5H3,(H,15,17)/t10-/m0/s1. The molecule has 0 fully saturated rings. The molecule has 1 aromatic heterocycles. The highest BCUT2D eigenvalue weighted by Gasteiger charge is 2.30. The molecule has 0 saturated carbocycles. The molecule has 1 atom stereocenters. The first-order valence-electron chi connectivity index (χ1n) is 6.25. The fraction of sp³-hybridized carbons (Fsp3) is 0.692. The van der Waals surface area contributed by atoms with Crippen molar-refractivity contribution >= 4 is 5.91 Å². The van der Waals surface area contributed by atoms with Crippen molar-refractivity contribution < 1.29 is 9.53 Å². The summed E-state index contributed by atoms with van der Waals surface area (Å²) >= 11 is 0. The molecule has 5 heteroatoms. The monoisotopic (exact) mass is 253 g/mol. The molecular formula is C13H23N3O2. The van der Waals surface area contributed by atoms with Gasteiger partial charge in [-0.2, -0.15) is 0 Å². The molecule has 102 valence electrons. The first-order chi connectivity index (χ1) is 8.42. The fourth-order valence-electron chi connectivity index (χ4n) is 1.69. The van der Waals surface area contributed by atoms with Crippen molar-refractivity contribution in [3.63, 3.8) is 0 Å². The highest BCUT2D eigenvalue weighted by atomic mass is 16.5. The van der Waals surface area contributed by atoms with E-state index >= 15 is 0 Å². The van der Waals surface area contributed by atoms with E-state index in [1.54, 1.807) is 20.0 Å². The number of carbonyl (C=O) groups excluding carboxylic acids is 1. The molecule has 18 heavy (non-hydrogen) atoms. The molecule has 0 aliphatic carbocycles. The second kappa shape index (κ2) is 6.00. The number of nitrogens with zero attached hydrogens (tertiary/aromatic N) is 2. The molecule has 1 aromatic rings. The van der Waals surface area contributed by atoms with Crippen molar-refractivity contribution in [2.24, 2.45) is 7.05 Å². The first-order valence-corrected chi connectivity index (χ1v) is 6.25. The van der Waals surface area contributed by atoms with Gasteiger partial charge in [-0.05, 0) is 20.3 Å². The number of carbonyl (C=O) groups is 1. The maximum Gasteiger partial charge on any atom is 0.252 e. The van der Waals surface area contributed by atoms with Crippen molar-refractivity contribution in [1.29, 1.82) is 0 Å². The lowest BCUT2D eigenvalue weighted by Crippen LogP contribution is -2.45. The van der Waals surface area contributed by atoms with Gasteiger partial charge in [-0.15, -0.1) is 0 Å². The average molecular weight is 253 g/mol. The van der Waals surface area contributed by atoms with Gasteiger partial charge >= 0.3 is 0 Å². The minimum absolute atomic E-state index is 0.0723. The molecule has 0 bridgehead atoms. The van der Waals surface area contributed by atoms with E-state index in [0.717, 1.165) is 18.7 Å². The molecule has 0 aliphatic heterocycles. The number of ether oxygens (including phenoxy) is 1. The molecule has 0 radical (unpaired) electrons. The SMILES string of the molecule is CCC[C@H](NC(=O)C(C)(C)OC)c1nccn1C. The summed E-state index contributed by atoms with van der Waals surface area (Å²) in [6.45, 7) is 5.59. The number of imidazole rings is 1. The van der Waals surface area contributed by atoms with Crippen LogP contribution in [0.5, 0.6) is 0 Å². The van der Waals surface area contributed by atoms with Crippen LogP contribution >= 0.6 is 0 Å². The van der Waals surface area contributed by atoms with Crippen molar-refractivity contribution in [1.82, 2.24) is 14.9 Å². The van der Waals surface area contributed by atoms with E-state index in [0.29, 0.717) is 0 Å². The Morgan fingerprint density at radius 1 is 1.61 bits per heavy atom. The zero-order valence-corrected chi connectivity index (χ0v) is 11.9. The third-order valence-electron chi connectivity index (χ3n) is 3.11. The Morgan fingerprint density at radius 3 is 2.72 bits per heavy atom. The summed E-state index contributed by atoms with van der Waals surface area (Å²) in [5.74, 6) is 0.753. The van der Waals surface area contributed by atoms with Crippen LogP contribution in [0.1, 0.15) is 45.5 Å². The van der Waals surface area contributed by atoms with Gasteiger partial charge in [0.15, 0.2) is 0 Å². The Balaban J connectivity index is 2.82. The van der Waals surface area contributed by atoms with Gasteiger partial charge in [0.05, 0.1) is 6.04 Å². The summed E-state index contributed by atoms with van der Waals surface area (Å²) in [6.07, 6.45) is 5.46. The molecule has 1 amide bonds. The smallest absolute Gasteiger partial charge is 0.252 e. The number of methoxy groups -OCH3 is 1. The maximum atomic E-state index is 12.1. The molecular weight excluding hydrogens is 230 g/mol. The average Bonchev–Trinajstić information content (AvgIpc) is 2.74. The predicted molar refractivity (Wildman–Crippen MR) is 70.1 cm³/mol. The lowest BCUT2D eigenvalue weighted by molar-refractivity contribution is -0.140. The Hall–Kier alpha value is -1.36. The Kier molecular flexibility index (Phi) is 4.90. The largest absolute Gasteiger partial charge is 0.369 e. The van der Waals surface area contributed by atoms with Crippen LogP contribution in [-0.4, -0.2) is 28.2 Å². The molecule has 5 nitrogen and oxygen atoms in total. The summed E-state index contributed by atoms with van der Waals surface area (Å²) in [4.78, 5) is 16.4. The first kappa shape index (κ1) is 14.7. The van der Waals surface area contributed by atoms with Crippen LogP contribution in [0.15, 0.2) is 12.4 Å². The Bertz CT molecular complexity index is 399. The van der Waals surface area contributed by atoms with Crippen LogP contribution in [-0.2, 0) is 16.6 Å². The summed E-state index contributed by atoms with van der Waals surface area (Å²) in [5, 5.41) is 3.01. The van der Waals surface area contributed by atoms with E-state index in [1.165, 1.54) is 7.11 Å². The van der Waals surface area contributed by atoms with Crippen LogP contribution in [0.2, 0.25) is 0 Å². The summed E-state index contributed by atoms with van der Waals surface area (Å²) in [6, 6.07) is -0.0723. The van der Waals surface area contributed by atoms with Crippen molar-refractivity contribution in [3.8, 4) is 0 Å². The van der Waals surface area contributed by atoms with E-state index in [4.69, 9.17) is 4.74 Å². The number of hydrogen-bond donors (Lipinski definition) is 1. The Labute approximate surface area is 109 Å². The number of aromatic nitrogens is 2. The number of hydrogen-bond acceptors (Lipinski definition) is 3. The van der Waals surface area contributed by atoms with Crippen LogP contribution in [0, 0.1) is 0 Å². The second-order valence-corrected chi connectivity index (χ2v) is 4.93. The van der Waals surface area contributed by atoms with Gasteiger partial charge in [-0.1, -0.05) is 13.3 Å². The highest BCUT2D eigenvalue weighted by Crippen LogP contribution is 2.18. The number of rotatable bonds is 6. The number of amides is 1. The minimum Gasteiger partial charge on any atom is -0.369 e. The van der Waals surface area contributed by atoms with Gasteiger partial charge in [-0.3, -0.25) is 4.79 Å². The van der Waals surface area contributed by atoms with E-state index in [-0.39, 0.29) is 11.9 Å². The molecule has 1 rings (SSSR count). The van der Waals surface area contributed by atoms with E-state index < -0.39 is 5.60 Å². The quantitative estimate of drug-likeness (QED) is 0.841. The third kappa shape index (κ3) is 3.32. The Morgan fingerprint density at radius 2 is 2.28 bits per heavy atom. The van der Waals surface area contributed by atoms with Crippen LogP contribution in [0.3, 0.4) is 0 Å². The topological polar surface area (TPSA) is 56.1 Å². The van der Waals surface area contributed by atoms with Crippen LogP contribution < -0.4 is 5.32 Å². The van der Waals surface area contributed by atoms with E-state index in [9.17, 15) is 4.79 Å². The fourth-order valence-corrected chi connectivity index (χ4v) is 1.69. The second-order valence-electron chi connectivity index (χ2n) is 4.93. The van der Waals surface area contributed by atoms with Gasteiger partial charge in [0, 0.05) is 26.6 Å². The van der Waals surface area contributed by atoms with Crippen LogP contribution in [0.4, 0.5) is 0 Å². The van der Waals surface area contributed by atoms with Gasteiger partial charge < -0.3 is 14.6 Å². The lowest BCUT2D eigenvalue weighted by Gasteiger charge is -2.26. The molecule has 0 aliphatic rings. The van der Waals surface area contributed by atoms with Crippen molar-refractivity contribution in [3.05, 3.63) is 18.2 Å². The molecule has 0 unspecified atom stereocenters. The molecule has 0 aromatic carbocycles. The summed E-state index contributed by atoms with van der Waals surface area (Å²) in [5.41, 5.74) is -0.822. The van der Waals surface area contributed by atoms with Gasteiger partial charge in [0.25, 0.3) is 5.91 Å². The lowest BCUT2D eigenvalue weighted by atomic mass is 10.1.